The molecule has 3 rings (SSSR count). The van der Waals surface area contributed by atoms with Crippen LogP contribution in [0.25, 0.3) is 11.2 Å². The second-order valence-corrected chi connectivity index (χ2v) is 11.9. The Morgan fingerprint density at radius 2 is 2.00 bits per heavy atom. The first-order valence-corrected chi connectivity index (χ1v) is 15.0. The number of imidazole rings is 1. The Labute approximate surface area is 190 Å². The summed E-state index contributed by atoms with van der Waals surface area (Å²) in [4.78, 5) is 13.2. The molecule has 0 spiro atoms. The summed E-state index contributed by atoms with van der Waals surface area (Å²) in [5.74, 6) is -0.00124. The number of ether oxygens (including phenoxy) is 1. The van der Waals surface area contributed by atoms with Gasteiger partial charge in [0.25, 0.3) is 0 Å². The van der Waals surface area contributed by atoms with E-state index in [0.717, 1.165) is 16.9 Å². The number of nitriles is 1. The predicted molar refractivity (Wildman–Crippen MR) is 119 cm³/mol. The monoisotopic (exact) mass is 730 g/mol. The number of fused-ring (bicyclic) bond motifs is 1. The molecule has 12 heteroatoms. The van der Waals surface area contributed by atoms with Crippen LogP contribution in [0, 0.1) is 24.2 Å². The molecule has 10 nitrogen and oxygen atoms in total. The molecule has 0 N–H and O–H groups in total. The van der Waals surface area contributed by atoms with E-state index in [9.17, 15) is 0 Å². The van der Waals surface area contributed by atoms with Gasteiger partial charge in [-0.3, -0.25) is 0 Å². The number of hydrogen-bond donors (Lipinski definition) is 0. The van der Waals surface area contributed by atoms with Crippen molar-refractivity contribution in [3.05, 3.63) is 18.3 Å². The van der Waals surface area contributed by atoms with E-state index in [1.807, 2.05) is 11.5 Å². The molecule has 0 amide bonds. The summed E-state index contributed by atoms with van der Waals surface area (Å²) in [7, 11) is -1.39. The van der Waals surface area contributed by atoms with E-state index >= 15 is 0 Å². The fraction of sp³-hybridized carbons (Fsp3) is 0.714. The van der Waals surface area contributed by atoms with Gasteiger partial charge in [-0.2, -0.15) is 0 Å². The Balaban J connectivity index is 1.89. The van der Waals surface area contributed by atoms with Crippen LogP contribution in [-0.2, 0) is 18.9 Å². The summed E-state index contributed by atoms with van der Waals surface area (Å²) in [6.45, 7) is 13.4. The number of nitrogens with zero attached hydrogens (tertiary/aromatic N) is 6. The summed E-state index contributed by atoms with van der Waals surface area (Å²) >= 11 is 0. The first kappa shape index (κ1) is 24.9. The maximum absolute atomic E-state index is 8.99. The molecule has 0 aromatic carbocycles. The molecular weight excluding hydrogens is 698 g/mol. The van der Waals surface area contributed by atoms with Crippen LogP contribution < -0.4 is 0 Å². The van der Waals surface area contributed by atoms with Crippen molar-refractivity contribution in [1.29, 1.82) is 5.26 Å². The molecule has 2 aromatic heterocycles. The van der Waals surface area contributed by atoms with Crippen molar-refractivity contribution >= 4 is 19.7 Å². The van der Waals surface area contributed by atoms with E-state index in [0.29, 0.717) is 19.6 Å². The summed E-state index contributed by atoms with van der Waals surface area (Å²) in [6.07, 6.45) is 2.86. The SMILES string of the molecule is Cc1ncnc2c1ncn2[C@@H]1O[C@H](C[O][Rf])C(OP(OCCC#N)N(C(C)C)C(C)C)[C@@H]1C. The van der Waals surface area contributed by atoms with Gasteiger partial charge in [0.1, 0.15) is 0 Å². The van der Waals surface area contributed by atoms with Crippen molar-refractivity contribution in [3.63, 3.8) is 0 Å². The molecular formula is C21H32N6O4PRf. The van der Waals surface area contributed by atoms with Gasteiger partial charge in [-0.05, 0) is 0 Å². The van der Waals surface area contributed by atoms with Crippen LogP contribution in [0.5, 0.6) is 0 Å². The van der Waals surface area contributed by atoms with Crippen molar-refractivity contribution < 1.29 is 18.9 Å². The molecule has 1 fully saturated rings. The van der Waals surface area contributed by atoms with Crippen LogP contribution in [0.15, 0.2) is 12.7 Å². The molecule has 1 aliphatic rings. The zero-order chi connectivity index (χ0) is 24.1. The quantitative estimate of drug-likeness (QED) is 0.252. The van der Waals surface area contributed by atoms with Gasteiger partial charge in [-0.1, -0.05) is 0 Å². The van der Waals surface area contributed by atoms with Gasteiger partial charge >= 0.3 is 190 Å². The number of hydrogen-bond acceptors (Lipinski definition) is 9. The Hall–Kier alpha value is -2.73. The molecule has 2 unspecified atom stereocenters. The maximum atomic E-state index is 8.99. The third kappa shape index (κ3) is 5.27. The van der Waals surface area contributed by atoms with E-state index < -0.39 is 8.53 Å². The standard InChI is InChI=1S/C21H32N6O4P.Rf/c1-13(2)27(14(3)4)32(29-9-7-8-22)31-19-15(5)21(30-17(19)10-28)26-12-25-18-16(6)23-11-24-20(18)26;/h11-15,17,19,21H,7,9-10H2,1-6H3;/q-1;+1/t15-,17+,19?,21+,32?;/m0./s1. The van der Waals surface area contributed by atoms with Crippen molar-refractivity contribution in [3.8, 4) is 6.07 Å². The predicted octanol–water partition coefficient (Wildman–Crippen LogP) is 3.81. The van der Waals surface area contributed by atoms with Crippen molar-refractivity contribution in [2.45, 2.75) is 78.5 Å². The minimum absolute atomic E-state index is 0.00124. The molecule has 1 saturated heterocycles. The molecule has 0 saturated carbocycles. The van der Waals surface area contributed by atoms with Crippen LogP contribution in [0.4, 0.5) is 0 Å². The third-order valence-corrected chi connectivity index (χ3v) is 8.82. The summed E-state index contributed by atoms with van der Waals surface area (Å²) in [5.41, 5.74) is 2.34. The number of aryl methyl sites for hydroxylation is 1. The second kappa shape index (κ2) is 10.9. The van der Waals surface area contributed by atoms with Gasteiger partial charge in [0, 0.05) is 0 Å². The van der Waals surface area contributed by atoms with E-state index in [4.69, 9.17) is 24.2 Å². The molecule has 177 valence electrons. The van der Waals surface area contributed by atoms with Gasteiger partial charge in [0.2, 0.25) is 0 Å². The first-order valence-electron chi connectivity index (χ1n) is 11.2. The van der Waals surface area contributed by atoms with E-state index in [-0.39, 0.29) is 36.4 Å². The van der Waals surface area contributed by atoms with Crippen LogP contribution >= 0.6 is 8.53 Å². The summed E-state index contributed by atoms with van der Waals surface area (Å²) < 4.78 is 23.6. The molecule has 2 aromatic rings. The summed E-state index contributed by atoms with van der Waals surface area (Å²) in [6, 6.07) is 2.60. The molecule has 0 aliphatic carbocycles. The molecule has 0 radical (unpaired) electrons. The zero-order valence-electron chi connectivity index (χ0n) is 20.2. The fourth-order valence-electron chi connectivity index (χ4n) is 4.17. The fourth-order valence-corrected chi connectivity index (χ4v) is 7.06. The van der Waals surface area contributed by atoms with Gasteiger partial charge in [-0.25, -0.2) is 0 Å². The molecule has 1 aliphatic heterocycles. The number of rotatable bonds is 11. The third-order valence-electron chi connectivity index (χ3n) is 5.62. The number of aromatic nitrogens is 4. The van der Waals surface area contributed by atoms with Crippen LogP contribution in [0.3, 0.4) is 0 Å². The minimum atomic E-state index is -1.39. The van der Waals surface area contributed by atoms with Gasteiger partial charge in [0.15, 0.2) is 0 Å². The van der Waals surface area contributed by atoms with E-state index in [2.05, 4.69) is 60.3 Å². The van der Waals surface area contributed by atoms with Gasteiger partial charge in [0.05, 0.1) is 0 Å². The average molecular weight is 730 g/mol. The molecule has 33 heavy (non-hydrogen) atoms. The van der Waals surface area contributed by atoms with Crippen LogP contribution in [0.2, 0.25) is 0 Å². The Bertz CT molecular complexity index is 946. The Morgan fingerprint density at radius 3 is 2.64 bits per heavy atom. The topological polar surface area (TPSA) is 108 Å². The van der Waals surface area contributed by atoms with Gasteiger partial charge < -0.3 is 0 Å². The zero-order valence-corrected chi connectivity index (χ0v) is 27.5. The molecule has 0 bridgehead atoms. The molecule has 5 atom stereocenters. The second-order valence-electron chi connectivity index (χ2n) is 8.69. The Morgan fingerprint density at radius 1 is 1.27 bits per heavy atom. The van der Waals surface area contributed by atoms with E-state index in [1.54, 1.807) is 12.7 Å². The normalized spacial score (nSPS) is 24.3. The van der Waals surface area contributed by atoms with Gasteiger partial charge in [-0.15, -0.1) is 0 Å². The van der Waals surface area contributed by atoms with Crippen LogP contribution in [-0.4, -0.2) is 61.7 Å². The van der Waals surface area contributed by atoms with Crippen LogP contribution in [0.1, 0.15) is 53.0 Å². The van der Waals surface area contributed by atoms with Crippen molar-refractivity contribution in [1.82, 2.24) is 24.2 Å². The van der Waals surface area contributed by atoms with Crippen molar-refractivity contribution in [2.24, 2.45) is 5.92 Å². The summed E-state index contributed by atoms with van der Waals surface area (Å²) in [5, 5.41) is 14.7. The van der Waals surface area contributed by atoms with E-state index in [1.165, 1.54) is 0 Å². The average Bonchev–Trinajstić information content (AvgIpc) is 3.31. The first-order chi connectivity index (χ1) is 15.8. The Kier molecular flexibility index (Phi) is 8.25. The van der Waals surface area contributed by atoms with Crippen molar-refractivity contribution in [2.75, 3.05) is 13.2 Å². The molecule has 3 heterocycles.